The van der Waals surface area contributed by atoms with Crippen LogP contribution in [0.5, 0.6) is 5.75 Å². The number of amidine groups is 1. The molecule has 1 atom stereocenters. The average Bonchev–Trinajstić information content (AvgIpc) is 3.37. The lowest BCUT2D eigenvalue weighted by Crippen LogP contribution is -2.43. The predicted octanol–water partition coefficient (Wildman–Crippen LogP) is 4.56. The molecule has 3 aliphatic rings. The third-order valence-corrected chi connectivity index (χ3v) is 6.79. The highest BCUT2D eigenvalue weighted by atomic mass is 16.5. The number of benzene rings is 1. The second-order valence-electron chi connectivity index (χ2n) is 9.03. The maximum atomic E-state index is 13.5. The smallest absolute Gasteiger partial charge is 0.257 e. The Morgan fingerprint density at radius 3 is 2.70 bits per heavy atom. The number of hydrogen-bond acceptors (Lipinski definition) is 6. The number of piperidine rings is 1. The summed E-state index contributed by atoms with van der Waals surface area (Å²) in [6, 6.07) is 5.88. The highest BCUT2D eigenvalue weighted by molar-refractivity contribution is 5.99. The molecule has 3 heterocycles. The number of aryl methyl sites for hydroxylation is 1. The van der Waals surface area contributed by atoms with E-state index in [4.69, 9.17) is 9.73 Å². The second kappa shape index (κ2) is 10.2. The number of nitrogens with zero attached hydrogens (tertiary/aromatic N) is 5. The number of aliphatic imine (C=N–C) groups is 1. The molecule has 0 aliphatic carbocycles. The molecule has 0 unspecified atom stereocenters. The van der Waals surface area contributed by atoms with Gasteiger partial charge in [0.2, 0.25) is 0 Å². The first kappa shape index (κ1) is 23.1. The lowest BCUT2D eigenvalue weighted by Gasteiger charge is -2.36. The standard InChI is InChI=1S/C26H35N5O2/c1-19-10-9-12-22(24(19)33-4)26(32)30-17-6-5-11-21(30)13-14-23-28-25(29-15-7-8-16-29)20(2)18-31(23)27-3/h9-10,12,14,18,21H,3,5-8,11,13,15-17H2,1-2,4H3/b23-14-/t21-/m0/s1. The van der Waals surface area contributed by atoms with Crippen LogP contribution in [0, 0.1) is 6.92 Å². The molecule has 0 N–H and O–H groups in total. The maximum Gasteiger partial charge on any atom is 0.257 e. The van der Waals surface area contributed by atoms with Crippen molar-refractivity contribution >= 4 is 18.5 Å². The Labute approximate surface area is 197 Å². The van der Waals surface area contributed by atoms with E-state index in [1.807, 2.05) is 36.2 Å². The van der Waals surface area contributed by atoms with Crippen molar-refractivity contribution in [2.24, 2.45) is 10.1 Å². The zero-order valence-corrected chi connectivity index (χ0v) is 20.1. The Bertz CT molecular complexity index is 990. The van der Waals surface area contributed by atoms with Gasteiger partial charge < -0.3 is 14.5 Å². The van der Waals surface area contributed by atoms with Gasteiger partial charge in [-0.2, -0.15) is 5.10 Å². The Hall–Kier alpha value is -3.09. The first-order valence-electron chi connectivity index (χ1n) is 12.0. The molecular weight excluding hydrogens is 414 g/mol. The van der Waals surface area contributed by atoms with Crippen molar-refractivity contribution in [3.8, 4) is 5.75 Å². The van der Waals surface area contributed by atoms with E-state index in [1.54, 1.807) is 12.1 Å². The van der Waals surface area contributed by atoms with E-state index in [0.29, 0.717) is 11.3 Å². The monoisotopic (exact) mass is 449 g/mol. The third-order valence-electron chi connectivity index (χ3n) is 6.79. The van der Waals surface area contributed by atoms with Crippen molar-refractivity contribution in [1.29, 1.82) is 0 Å². The number of amides is 1. The van der Waals surface area contributed by atoms with E-state index in [-0.39, 0.29) is 11.9 Å². The summed E-state index contributed by atoms with van der Waals surface area (Å²) in [5.41, 5.74) is 2.71. The molecule has 176 valence electrons. The fourth-order valence-corrected chi connectivity index (χ4v) is 5.06. The van der Waals surface area contributed by atoms with Gasteiger partial charge in [0.05, 0.1) is 12.7 Å². The number of methoxy groups -OCH3 is 1. The number of para-hydroxylation sites is 1. The molecule has 2 saturated heterocycles. The number of rotatable bonds is 5. The topological polar surface area (TPSA) is 60.7 Å². The minimum Gasteiger partial charge on any atom is -0.496 e. The molecule has 1 amide bonds. The quantitative estimate of drug-likeness (QED) is 0.619. The van der Waals surface area contributed by atoms with E-state index in [1.165, 1.54) is 12.8 Å². The fourth-order valence-electron chi connectivity index (χ4n) is 5.06. The highest BCUT2D eigenvalue weighted by Crippen LogP contribution is 2.29. The summed E-state index contributed by atoms with van der Waals surface area (Å²) in [4.78, 5) is 22.8. The average molecular weight is 450 g/mol. The van der Waals surface area contributed by atoms with Crippen molar-refractivity contribution in [3.05, 3.63) is 53.0 Å². The SMILES string of the molecule is C=NN1C=C(C)C(N2CCCC2)=N/C1=C/C[C@@H]1CCCCN1C(=O)c1cccc(C)c1OC. The maximum absolute atomic E-state index is 13.5. The summed E-state index contributed by atoms with van der Waals surface area (Å²) in [5, 5.41) is 5.90. The van der Waals surface area contributed by atoms with E-state index < -0.39 is 0 Å². The number of carbonyl (C=O) groups is 1. The highest BCUT2D eigenvalue weighted by Gasteiger charge is 2.30. The summed E-state index contributed by atoms with van der Waals surface area (Å²) in [7, 11) is 1.63. The molecule has 7 nitrogen and oxygen atoms in total. The lowest BCUT2D eigenvalue weighted by atomic mass is 9.97. The zero-order chi connectivity index (χ0) is 23.4. The largest absolute Gasteiger partial charge is 0.496 e. The Kier molecular flexibility index (Phi) is 7.16. The molecule has 1 aromatic rings. The van der Waals surface area contributed by atoms with Gasteiger partial charge in [-0.3, -0.25) is 4.79 Å². The van der Waals surface area contributed by atoms with E-state index in [0.717, 1.165) is 68.1 Å². The molecule has 0 saturated carbocycles. The molecule has 3 aliphatic heterocycles. The number of likely N-dealkylation sites (tertiary alicyclic amines) is 2. The van der Waals surface area contributed by atoms with Crippen LogP contribution in [0.15, 0.2) is 52.0 Å². The summed E-state index contributed by atoms with van der Waals surface area (Å²) in [6.45, 7) is 10.6. The summed E-state index contributed by atoms with van der Waals surface area (Å²) < 4.78 is 5.56. The van der Waals surface area contributed by atoms with Gasteiger partial charge in [0.25, 0.3) is 5.91 Å². The molecule has 2 fully saturated rings. The molecule has 4 rings (SSSR count). The van der Waals surface area contributed by atoms with Crippen LogP contribution in [0.1, 0.15) is 61.4 Å². The lowest BCUT2D eigenvalue weighted by molar-refractivity contribution is 0.0612. The third kappa shape index (κ3) is 4.82. The molecule has 33 heavy (non-hydrogen) atoms. The first-order valence-corrected chi connectivity index (χ1v) is 12.0. The van der Waals surface area contributed by atoms with E-state index in [9.17, 15) is 4.79 Å². The van der Waals surface area contributed by atoms with E-state index in [2.05, 4.69) is 29.7 Å². The van der Waals surface area contributed by atoms with Crippen LogP contribution in [0.25, 0.3) is 0 Å². The number of ether oxygens (including phenoxy) is 1. The number of carbonyl (C=O) groups excluding carboxylic acids is 1. The van der Waals surface area contributed by atoms with Crippen LogP contribution in [0.2, 0.25) is 0 Å². The molecular formula is C26H35N5O2. The van der Waals surface area contributed by atoms with Gasteiger partial charge in [0, 0.05) is 44.2 Å². The van der Waals surface area contributed by atoms with Crippen molar-refractivity contribution in [3.63, 3.8) is 0 Å². The van der Waals surface area contributed by atoms with Crippen LogP contribution in [0.3, 0.4) is 0 Å². The molecule has 0 spiro atoms. The Balaban J connectivity index is 1.57. The Morgan fingerprint density at radius 2 is 1.97 bits per heavy atom. The van der Waals surface area contributed by atoms with Gasteiger partial charge >= 0.3 is 0 Å². The van der Waals surface area contributed by atoms with Gasteiger partial charge in [-0.15, -0.1) is 0 Å². The molecule has 0 bridgehead atoms. The zero-order valence-electron chi connectivity index (χ0n) is 20.1. The van der Waals surface area contributed by atoms with Crippen molar-refractivity contribution in [2.75, 3.05) is 26.7 Å². The van der Waals surface area contributed by atoms with Crippen LogP contribution in [-0.2, 0) is 0 Å². The van der Waals surface area contributed by atoms with Gasteiger partial charge in [-0.25, -0.2) is 10.0 Å². The van der Waals surface area contributed by atoms with Gasteiger partial charge in [0.1, 0.15) is 11.6 Å². The van der Waals surface area contributed by atoms with Gasteiger partial charge in [-0.05, 0) is 70.1 Å². The minimum atomic E-state index is 0.0398. The summed E-state index contributed by atoms with van der Waals surface area (Å²) >= 11 is 0. The first-order chi connectivity index (χ1) is 16.0. The Morgan fingerprint density at radius 1 is 1.21 bits per heavy atom. The molecule has 0 aromatic heterocycles. The number of hydrazone groups is 1. The van der Waals surface area contributed by atoms with Crippen LogP contribution in [0.4, 0.5) is 0 Å². The molecule has 7 heteroatoms. The second-order valence-corrected chi connectivity index (χ2v) is 9.03. The fraction of sp³-hybridized carbons (Fsp3) is 0.500. The van der Waals surface area contributed by atoms with Gasteiger partial charge in [-0.1, -0.05) is 12.1 Å². The van der Waals surface area contributed by atoms with E-state index >= 15 is 0 Å². The predicted molar refractivity (Wildman–Crippen MR) is 132 cm³/mol. The van der Waals surface area contributed by atoms with Crippen LogP contribution in [-0.4, -0.2) is 66.1 Å². The summed E-state index contributed by atoms with van der Waals surface area (Å²) in [5.74, 6) is 2.52. The summed E-state index contributed by atoms with van der Waals surface area (Å²) in [6.07, 6.45) is 10.4. The van der Waals surface area contributed by atoms with Gasteiger partial charge in [0.15, 0.2) is 5.82 Å². The number of hydrogen-bond donors (Lipinski definition) is 0. The molecule has 0 radical (unpaired) electrons. The van der Waals surface area contributed by atoms with Crippen LogP contribution < -0.4 is 4.74 Å². The minimum absolute atomic E-state index is 0.0398. The van der Waals surface area contributed by atoms with Crippen molar-refractivity contribution < 1.29 is 9.53 Å². The normalized spacial score (nSPS) is 22.3. The van der Waals surface area contributed by atoms with Crippen LogP contribution >= 0.6 is 0 Å². The molecule has 1 aromatic carbocycles. The van der Waals surface area contributed by atoms with Crippen molar-refractivity contribution in [2.45, 2.75) is 58.4 Å². The van der Waals surface area contributed by atoms with Crippen molar-refractivity contribution in [1.82, 2.24) is 14.8 Å².